The van der Waals surface area contributed by atoms with E-state index in [4.69, 9.17) is 10.5 Å². The van der Waals surface area contributed by atoms with Crippen LogP contribution in [0, 0.1) is 5.82 Å². The Balaban J connectivity index is 1.64. The monoisotopic (exact) mass is 338 g/mol. The zero-order valence-electron chi connectivity index (χ0n) is 13.1. The number of nitrogens with one attached hydrogen (secondary N) is 1. The summed E-state index contributed by atoms with van der Waals surface area (Å²) in [4.78, 5) is 19.4. The number of carbonyl (C=O) groups excluding carboxylic acids is 1. The minimum absolute atomic E-state index is 0.321. The van der Waals surface area contributed by atoms with Crippen molar-refractivity contribution in [1.82, 2.24) is 9.97 Å². The van der Waals surface area contributed by atoms with E-state index in [0.29, 0.717) is 29.4 Å². The van der Waals surface area contributed by atoms with Gasteiger partial charge in [0, 0.05) is 37.3 Å². The van der Waals surface area contributed by atoms with Gasteiger partial charge in [0.1, 0.15) is 11.6 Å². The summed E-state index contributed by atoms with van der Waals surface area (Å²) in [6.07, 6.45) is 4.62. The minimum Gasteiger partial charge on any atom is -0.439 e. The highest BCUT2D eigenvalue weighted by molar-refractivity contribution is 5.98. The smallest absolute Gasteiger partial charge is 0.252 e. The van der Waals surface area contributed by atoms with Crippen molar-refractivity contribution in [3.63, 3.8) is 0 Å². The first-order valence-corrected chi connectivity index (χ1v) is 7.48. The molecule has 0 radical (unpaired) electrons. The van der Waals surface area contributed by atoms with Crippen LogP contribution >= 0.6 is 0 Å². The van der Waals surface area contributed by atoms with Crippen molar-refractivity contribution in [1.29, 1.82) is 0 Å². The SMILES string of the molecule is NC(=O)c1cnccc1NCc1ccc(Oc2cccc(F)c2)nc1. The highest BCUT2D eigenvalue weighted by Gasteiger charge is 2.07. The van der Waals surface area contributed by atoms with E-state index >= 15 is 0 Å². The first kappa shape index (κ1) is 16.4. The number of carbonyl (C=O) groups is 1. The molecule has 0 spiro atoms. The van der Waals surface area contributed by atoms with Gasteiger partial charge in [-0.1, -0.05) is 12.1 Å². The number of aromatic nitrogens is 2. The molecule has 25 heavy (non-hydrogen) atoms. The van der Waals surface area contributed by atoms with Gasteiger partial charge in [-0.2, -0.15) is 0 Å². The lowest BCUT2D eigenvalue weighted by Gasteiger charge is -2.10. The second-order valence-electron chi connectivity index (χ2n) is 5.20. The predicted octanol–water partition coefficient (Wildman–Crippen LogP) is 3.12. The van der Waals surface area contributed by atoms with Crippen molar-refractivity contribution in [2.75, 3.05) is 5.32 Å². The Kier molecular flexibility index (Phi) is 4.84. The van der Waals surface area contributed by atoms with Gasteiger partial charge < -0.3 is 15.8 Å². The molecular formula is C18H15FN4O2. The third kappa shape index (κ3) is 4.29. The molecule has 0 aliphatic rings. The van der Waals surface area contributed by atoms with Crippen molar-refractivity contribution in [3.05, 3.63) is 78.0 Å². The van der Waals surface area contributed by atoms with E-state index < -0.39 is 5.91 Å². The minimum atomic E-state index is -0.549. The number of halogens is 1. The molecule has 3 aromatic rings. The fourth-order valence-corrected chi connectivity index (χ4v) is 2.17. The summed E-state index contributed by atoms with van der Waals surface area (Å²) in [6.45, 7) is 0.442. The zero-order valence-corrected chi connectivity index (χ0v) is 13.1. The lowest BCUT2D eigenvalue weighted by atomic mass is 10.2. The molecule has 0 saturated heterocycles. The number of hydrogen-bond donors (Lipinski definition) is 2. The van der Waals surface area contributed by atoms with Crippen LogP contribution < -0.4 is 15.8 Å². The van der Waals surface area contributed by atoms with Gasteiger partial charge in [0.05, 0.1) is 11.3 Å². The summed E-state index contributed by atoms with van der Waals surface area (Å²) in [7, 11) is 0. The van der Waals surface area contributed by atoms with Crippen LogP contribution in [0.25, 0.3) is 0 Å². The van der Waals surface area contributed by atoms with Gasteiger partial charge in [0.15, 0.2) is 0 Å². The number of hydrogen-bond acceptors (Lipinski definition) is 5. The number of nitrogens with zero attached hydrogens (tertiary/aromatic N) is 2. The van der Waals surface area contributed by atoms with Gasteiger partial charge in [-0.05, 0) is 23.8 Å². The van der Waals surface area contributed by atoms with E-state index in [0.717, 1.165) is 5.56 Å². The molecule has 0 unspecified atom stereocenters. The number of nitrogens with two attached hydrogens (primary N) is 1. The summed E-state index contributed by atoms with van der Waals surface area (Å²) in [6, 6.07) is 11.0. The highest BCUT2D eigenvalue weighted by atomic mass is 19.1. The maximum Gasteiger partial charge on any atom is 0.252 e. The zero-order chi connectivity index (χ0) is 17.6. The van der Waals surface area contributed by atoms with Crippen molar-refractivity contribution in [2.45, 2.75) is 6.54 Å². The van der Waals surface area contributed by atoms with E-state index in [1.807, 2.05) is 6.07 Å². The molecule has 0 atom stereocenters. The first-order chi connectivity index (χ1) is 12.1. The topological polar surface area (TPSA) is 90.1 Å². The second kappa shape index (κ2) is 7.39. The van der Waals surface area contributed by atoms with Crippen molar-refractivity contribution in [3.8, 4) is 11.6 Å². The van der Waals surface area contributed by atoms with Gasteiger partial charge >= 0.3 is 0 Å². The molecule has 2 heterocycles. The maximum atomic E-state index is 13.1. The van der Waals surface area contributed by atoms with Crippen molar-refractivity contribution >= 4 is 11.6 Å². The molecule has 0 fully saturated rings. The van der Waals surface area contributed by atoms with E-state index in [2.05, 4.69) is 15.3 Å². The van der Waals surface area contributed by atoms with Crippen molar-refractivity contribution in [2.24, 2.45) is 5.73 Å². The molecule has 0 aliphatic carbocycles. The Hall–Kier alpha value is -3.48. The van der Waals surface area contributed by atoms with Gasteiger partial charge in [-0.25, -0.2) is 9.37 Å². The Morgan fingerprint density at radius 3 is 2.80 bits per heavy atom. The summed E-state index contributed by atoms with van der Waals surface area (Å²) in [5.74, 6) is -0.189. The molecule has 126 valence electrons. The molecule has 2 aromatic heterocycles. The average Bonchev–Trinajstić information content (AvgIpc) is 2.61. The molecule has 6 nitrogen and oxygen atoms in total. The Morgan fingerprint density at radius 1 is 1.20 bits per heavy atom. The molecular weight excluding hydrogens is 323 g/mol. The lowest BCUT2D eigenvalue weighted by molar-refractivity contribution is 0.100. The molecule has 1 amide bonds. The number of benzene rings is 1. The Bertz CT molecular complexity index is 884. The van der Waals surface area contributed by atoms with Crippen molar-refractivity contribution < 1.29 is 13.9 Å². The van der Waals surface area contributed by atoms with Crippen LogP contribution in [0.5, 0.6) is 11.6 Å². The van der Waals surface area contributed by atoms with E-state index in [1.165, 1.54) is 18.3 Å². The van der Waals surface area contributed by atoms with Crippen LogP contribution in [0.2, 0.25) is 0 Å². The molecule has 3 rings (SSSR count). The van der Waals surface area contributed by atoms with Gasteiger partial charge in [0.25, 0.3) is 5.91 Å². The number of primary amides is 1. The standard InChI is InChI=1S/C18H15FN4O2/c19-13-2-1-3-14(8-13)25-17-5-4-12(10-23-17)9-22-16-6-7-21-11-15(16)18(20)24/h1-8,10-11H,9H2,(H2,20,24)(H,21,22). The third-order valence-electron chi connectivity index (χ3n) is 3.39. The Labute approximate surface area is 143 Å². The molecule has 0 bridgehead atoms. The predicted molar refractivity (Wildman–Crippen MR) is 90.8 cm³/mol. The molecule has 0 saturated carbocycles. The fourth-order valence-electron chi connectivity index (χ4n) is 2.17. The largest absolute Gasteiger partial charge is 0.439 e. The average molecular weight is 338 g/mol. The molecule has 1 aromatic carbocycles. The normalized spacial score (nSPS) is 10.3. The van der Waals surface area contributed by atoms with Gasteiger partial charge in [-0.3, -0.25) is 9.78 Å². The van der Waals surface area contributed by atoms with Gasteiger partial charge in [-0.15, -0.1) is 0 Å². The van der Waals surface area contributed by atoms with E-state index in [-0.39, 0.29) is 5.82 Å². The van der Waals surface area contributed by atoms with Crippen LogP contribution in [0.3, 0.4) is 0 Å². The van der Waals surface area contributed by atoms with Gasteiger partial charge in [0.2, 0.25) is 5.88 Å². The quantitative estimate of drug-likeness (QED) is 0.721. The number of amides is 1. The van der Waals surface area contributed by atoms with Crippen LogP contribution in [0.1, 0.15) is 15.9 Å². The summed E-state index contributed by atoms with van der Waals surface area (Å²) in [5, 5.41) is 3.12. The highest BCUT2D eigenvalue weighted by Crippen LogP contribution is 2.20. The maximum absolute atomic E-state index is 13.1. The molecule has 7 heteroatoms. The summed E-state index contributed by atoms with van der Waals surface area (Å²) in [5.41, 5.74) is 7.11. The lowest BCUT2D eigenvalue weighted by Crippen LogP contribution is -2.14. The summed E-state index contributed by atoms with van der Waals surface area (Å²) >= 11 is 0. The Morgan fingerprint density at radius 2 is 2.08 bits per heavy atom. The number of pyridine rings is 2. The number of rotatable bonds is 6. The van der Waals surface area contributed by atoms with Crippen LogP contribution in [0.4, 0.5) is 10.1 Å². The van der Waals surface area contributed by atoms with Crippen LogP contribution in [-0.4, -0.2) is 15.9 Å². The first-order valence-electron chi connectivity index (χ1n) is 7.48. The molecule has 3 N–H and O–H groups in total. The fraction of sp³-hybridized carbons (Fsp3) is 0.0556. The number of ether oxygens (including phenoxy) is 1. The molecule has 0 aliphatic heterocycles. The van der Waals surface area contributed by atoms with E-state index in [9.17, 15) is 9.18 Å². The number of anilines is 1. The van der Waals surface area contributed by atoms with E-state index in [1.54, 1.807) is 36.7 Å². The van der Waals surface area contributed by atoms with Crippen LogP contribution in [-0.2, 0) is 6.54 Å². The summed E-state index contributed by atoms with van der Waals surface area (Å²) < 4.78 is 18.6. The third-order valence-corrected chi connectivity index (χ3v) is 3.39. The van der Waals surface area contributed by atoms with Crippen LogP contribution in [0.15, 0.2) is 61.1 Å². The second-order valence-corrected chi connectivity index (χ2v) is 5.20.